The fourth-order valence-electron chi connectivity index (χ4n) is 1.80. The largest absolute Gasteiger partial charge is 0.494 e. The molecule has 2 rings (SSSR count). The lowest BCUT2D eigenvalue weighted by Gasteiger charge is -2.04. The van der Waals surface area contributed by atoms with Crippen molar-refractivity contribution in [2.75, 3.05) is 12.0 Å². The van der Waals surface area contributed by atoms with Crippen LogP contribution in [0.25, 0.3) is 0 Å². The van der Waals surface area contributed by atoms with Crippen LogP contribution in [0.15, 0.2) is 41.5 Å². The number of aryl methyl sites for hydroxylation is 1. The van der Waals surface area contributed by atoms with Crippen LogP contribution in [-0.4, -0.2) is 22.7 Å². The zero-order valence-electron chi connectivity index (χ0n) is 12.3. The van der Waals surface area contributed by atoms with Gasteiger partial charge in [0.05, 0.1) is 17.7 Å². The zero-order chi connectivity index (χ0) is 15.9. The Hall–Kier alpha value is -2.96. The molecule has 7 heteroatoms. The predicted octanol–water partition coefficient (Wildman–Crippen LogP) is 3.14. The number of hydrogen-bond donors (Lipinski definition) is 1. The van der Waals surface area contributed by atoms with Crippen LogP contribution in [0, 0.1) is 17.0 Å². The van der Waals surface area contributed by atoms with Gasteiger partial charge in [0.2, 0.25) is 5.82 Å². The van der Waals surface area contributed by atoms with Gasteiger partial charge in [0.1, 0.15) is 5.75 Å². The summed E-state index contributed by atoms with van der Waals surface area (Å²) in [6.07, 6.45) is 1.55. The molecule has 1 aromatic heterocycles. The summed E-state index contributed by atoms with van der Waals surface area (Å²) in [6, 6.07) is 10.4. The number of benzene rings is 1. The van der Waals surface area contributed by atoms with E-state index in [1.165, 1.54) is 6.07 Å². The first-order valence-electron chi connectivity index (χ1n) is 6.74. The van der Waals surface area contributed by atoms with E-state index in [4.69, 9.17) is 4.74 Å². The smallest absolute Gasteiger partial charge is 0.313 e. The molecule has 0 atom stereocenters. The van der Waals surface area contributed by atoms with E-state index in [0.717, 1.165) is 11.3 Å². The third-order valence-corrected chi connectivity index (χ3v) is 2.76. The molecule has 0 bridgehead atoms. The van der Waals surface area contributed by atoms with Gasteiger partial charge >= 0.3 is 5.69 Å². The number of nitro groups is 1. The number of rotatable bonds is 6. The number of nitrogens with zero attached hydrogens (tertiary/aromatic N) is 3. The van der Waals surface area contributed by atoms with Gasteiger partial charge in [0.25, 0.3) is 0 Å². The fourth-order valence-corrected chi connectivity index (χ4v) is 1.80. The Labute approximate surface area is 127 Å². The number of ether oxygens (including phenoxy) is 1. The van der Waals surface area contributed by atoms with E-state index in [-0.39, 0.29) is 11.5 Å². The van der Waals surface area contributed by atoms with E-state index >= 15 is 0 Å². The molecule has 0 saturated heterocycles. The van der Waals surface area contributed by atoms with Crippen molar-refractivity contribution >= 4 is 17.7 Å². The second kappa shape index (κ2) is 7.16. The predicted molar refractivity (Wildman–Crippen MR) is 84.5 cm³/mol. The first kappa shape index (κ1) is 15.4. The van der Waals surface area contributed by atoms with Gasteiger partial charge in [-0.3, -0.25) is 15.5 Å². The Morgan fingerprint density at radius 1 is 1.41 bits per heavy atom. The van der Waals surface area contributed by atoms with E-state index in [1.807, 2.05) is 31.2 Å². The topological polar surface area (TPSA) is 89.7 Å². The van der Waals surface area contributed by atoms with Crippen LogP contribution >= 0.6 is 0 Å². The van der Waals surface area contributed by atoms with E-state index in [0.29, 0.717) is 12.3 Å². The molecule has 1 aromatic carbocycles. The molecule has 0 fully saturated rings. The van der Waals surface area contributed by atoms with Crippen molar-refractivity contribution in [1.29, 1.82) is 0 Å². The average molecular weight is 300 g/mol. The van der Waals surface area contributed by atoms with Crippen LogP contribution < -0.4 is 10.2 Å². The third-order valence-electron chi connectivity index (χ3n) is 2.76. The van der Waals surface area contributed by atoms with Crippen LogP contribution in [0.2, 0.25) is 0 Å². The maximum absolute atomic E-state index is 10.9. The van der Waals surface area contributed by atoms with Crippen LogP contribution in [-0.2, 0) is 0 Å². The third kappa shape index (κ3) is 4.02. The Morgan fingerprint density at radius 2 is 2.23 bits per heavy atom. The summed E-state index contributed by atoms with van der Waals surface area (Å²) in [6.45, 7) is 4.24. The second-order valence-corrected chi connectivity index (χ2v) is 4.45. The second-order valence-electron chi connectivity index (χ2n) is 4.45. The van der Waals surface area contributed by atoms with Crippen LogP contribution in [0.4, 0.5) is 11.5 Å². The molecule has 7 nitrogen and oxygen atoms in total. The van der Waals surface area contributed by atoms with Gasteiger partial charge < -0.3 is 4.74 Å². The van der Waals surface area contributed by atoms with Gasteiger partial charge in [-0.25, -0.2) is 4.98 Å². The minimum Gasteiger partial charge on any atom is -0.494 e. The molecule has 0 aliphatic heterocycles. The molecule has 0 spiro atoms. The van der Waals surface area contributed by atoms with Crippen molar-refractivity contribution < 1.29 is 9.66 Å². The standard InChI is InChI=1S/C15H16N4O3/c1-3-22-13-6-4-5-12(9-13)10-16-18-15-14(19(20)21)8-7-11(2)17-15/h4-10H,3H2,1-2H3,(H,17,18)/b16-10-. The number of hydrogen-bond acceptors (Lipinski definition) is 6. The van der Waals surface area contributed by atoms with Crippen molar-refractivity contribution in [1.82, 2.24) is 4.98 Å². The van der Waals surface area contributed by atoms with Crippen molar-refractivity contribution in [3.05, 3.63) is 57.8 Å². The van der Waals surface area contributed by atoms with Crippen molar-refractivity contribution in [2.24, 2.45) is 5.10 Å². The summed E-state index contributed by atoms with van der Waals surface area (Å²) >= 11 is 0. The van der Waals surface area contributed by atoms with E-state index in [9.17, 15) is 10.1 Å². The molecule has 0 amide bonds. The van der Waals surface area contributed by atoms with E-state index in [2.05, 4.69) is 15.5 Å². The lowest BCUT2D eigenvalue weighted by molar-refractivity contribution is -0.384. The molecule has 0 aliphatic rings. The Balaban J connectivity index is 2.14. The van der Waals surface area contributed by atoms with Crippen molar-refractivity contribution in [2.45, 2.75) is 13.8 Å². The normalized spacial score (nSPS) is 10.6. The van der Waals surface area contributed by atoms with Crippen LogP contribution in [0.5, 0.6) is 5.75 Å². The molecule has 1 N–H and O–H groups in total. The fraction of sp³-hybridized carbons (Fsp3) is 0.200. The molecule has 22 heavy (non-hydrogen) atoms. The maximum atomic E-state index is 10.9. The molecule has 0 aliphatic carbocycles. The summed E-state index contributed by atoms with van der Waals surface area (Å²) in [5.41, 5.74) is 3.97. The highest BCUT2D eigenvalue weighted by atomic mass is 16.6. The SMILES string of the molecule is CCOc1cccc(/C=N\Nc2nc(C)ccc2[N+](=O)[O-])c1. The number of hydrazone groups is 1. The number of pyridine rings is 1. The van der Waals surface area contributed by atoms with E-state index in [1.54, 1.807) is 19.2 Å². The Bertz CT molecular complexity index is 701. The first-order chi connectivity index (χ1) is 10.6. The minimum absolute atomic E-state index is 0.113. The van der Waals surface area contributed by atoms with Crippen LogP contribution in [0.1, 0.15) is 18.2 Å². The van der Waals surface area contributed by atoms with Gasteiger partial charge in [-0.2, -0.15) is 5.10 Å². The first-order valence-corrected chi connectivity index (χ1v) is 6.74. The summed E-state index contributed by atoms with van der Waals surface area (Å²) < 4.78 is 5.39. The van der Waals surface area contributed by atoms with Gasteiger partial charge in [0.15, 0.2) is 0 Å². The quantitative estimate of drug-likeness (QED) is 0.503. The van der Waals surface area contributed by atoms with Gasteiger partial charge in [-0.1, -0.05) is 12.1 Å². The van der Waals surface area contributed by atoms with Gasteiger partial charge in [0, 0.05) is 11.8 Å². The highest BCUT2D eigenvalue weighted by Crippen LogP contribution is 2.21. The number of anilines is 1. The Morgan fingerprint density at radius 3 is 2.95 bits per heavy atom. The number of aromatic nitrogens is 1. The maximum Gasteiger partial charge on any atom is 0.313 e. The molecule has 1 heterocycles. The molecule has 114 valence electrons. The van der Waals surface area contributed by atoms with Crippen molar-refractivity contribution in [3.63, 3.8) is 0 Å². The summed E-state index contributed by atoms with van der Waals surface area (Å²) in [5.74, 6) is 0.855. The minimum atomic E-state index is -0.500. The monoisotopic (exact) mass is 300 g/mol. The molecular weight excluding hydrogens is 284 g/mol. The van der Waals surface area contributed by atoms with Crippen molar-refractivity contribution in [3.8, 4) is 5.75 Å². The highest BCUT2D eigenvalue weighted by Gasteiger charge is 2.14. The molecular formula is C15H16N4O3. The lowest BCUT2D eigenvalue weighted by Crippen LogP contribution is -2.00. The zero-order valence-corrected chi connectivity index (χ0v) is 12.3. The number of nitrogens with one attached hydrogen (secondary N) is 1. The summed E-state index contributed by atoms with van der Waals surface area (Å²) in [7, 11) is 0. The molecule has 0 saturated carbocycles. The Kier molecular flexibility index (Phi) is 5.02. The molecule has 0 unspecified atom stereocenters. The lowest BCUT2D eigenvalue weighted by atomic mass is 10.2. The van der Waals surface area contributed by atoms with E-state index < -0.39 is 4.92 Å². The summed E-state index contributed by atoms with van der Waals surface area (Å²) in [5, 5.41) is 14.9. The highest BCUT2D eigenvalue weighted by molar-refractivity contribution is 5.81. The van der Waals surface area contributed by atoms with Crippen LogP contribution in [0.3, 0.4) is 0 Å². The van der Waals surface area contributed by atoms with Gasteiger partial charge in [-0.15, -0.1) is 0 Å². The summed E-state index contributed by atoms with van der Waals surface area (Å²) in [4.78, 5) is 14.5. The average Bonchev–Trinajstić information content (AvgIpc) is 2.48. The molecule has 2 aromatic rings. The van der Waals surface area contributed by atoms with Gasteiger partial charge in [-0.05, 0) is 37.6 Å². The molecule has 0 radical (unpaired) electrons.